The molecule has 0 radical (unpaired) electrons. The smallest absolute Gasteiger partial charge is 0.164 e. The van der Waals surface area contributed by atoms with Crippen LogP contribution in [-0.2, 0) is 18.9 Å². The topological polar surface area (TPSA) is 82.9 Å². The number of ether oxygens (including phenoxy) is 4. The third-order valence-electron chi connectivity index (χ3n) is 5.02. The fraction of sp³-hybridized carbons (Fsp3) is 0.520. The van der Waals surface area contributed by atoms with E-state index in [1.807, 2.05) is 33.8 Å². The van der Waals surface area contributed by atoms with Crippen molar-refractivity contribution in [2.75, 3.05) is 13.2 Å². The third-order valence-corrected chi connectivity index (χ3v) is 6.01. The summed E-state index contributed by atoms with van der Waals surface area (Å²) in [6, 6.07) is 2.44. The number of halogens is 5. The van der Waals surface area contributed by atoms with Gasteiger partial charge in [0.25, 0.3) is 0 Å². The lowest BCUT2D eigenvalue weighted by atomic mass is 10.1. The Labute approximate surface area is 234 Å². The first-order valence-corrected chi connectivity index (χ1v) is 13.0. The van der Waals surface area contributed by atoms with Gasteiger partial charge in [0.2, 0.25) is 0 Å². The van der Waals surface area contributed by atoms with Crippen molar-refractivity contribution in [3.05, 3.63) is 69.2 Å². The van der Waals surface area contributed by atoms with Gasteiger partial charge in [0, 0.05) is 28.9 Å². The molecule has 1 unspecified atom stereocenters. The molecule has 0 aromatic carbocycles. The highest BCUT2D eigenvalue weighted by Gasteiger charge is 2.34. The van der Waals surface area contributed by atoms with E-state index in [1.54, 1.807) is 0 Å². The van der Waals surface area contributed by atoms with Crippen LogP contribution in [0.1, 0.15) is 52.2 Å². The van der Waals surface area contributed by atoms with Gasteiger partial charge in [-0.3, -0.25) is 0 Å². The zero-order valence-electron chi connectivity index (χ0n) is 21.0. The van der Waals surface area contributed by atoms with Gasteiger partial charge in [-0.1, -0.05) is 29.3 Å². The molecule has 3 atom stereocenters. The van der Waals surface area contributed by atoms with E-state index < -0.39 is 23.5 Å². The Bertz CT molecular complexity index is 1050. The molecule has 2 aromatic rings. The predicted octanol–water partition coefficient (Wildman–Crippen LogP) is 6.80. The number of aliphatic hydroxyl groups excluding tert-OH is 1. The van der Waals surface area contributed by atoms with Gasteiger partial charge in [-0.2, -0.15) is 0 Å². The number of aromatic nitrogens is 2. The highest BCUT2D eigenvalue weighted by Crippen LogP contribution is 2.29. The van der Waals surface area contributed by atoms with Crippen molar-refractivity contribution < 1.29 is 32.8 Å². The van der Waals surface area contributed by atoms with Crippen LogP contribution in [0.15, 0.2) is 41.7 Å². The Morgan fingerprint density at radius 1 is 1.03 bits per heavy atom. The van der Waals surface area contributed by atoms with Crippen molar-refractivity contribution in [1.29, 1.82) is 0 Å². The Kier molecular flexibility index (Phi) is 12.3. The SMILES string of the molecule is C=CC[C@H]1COC(C)(C)O1.CC1(C)OC[C@H](CC(O)c2cnc(Cl)c(F)c2)O1.Fc1cc(Br)cnc1Cl. The second kappa shape index (κ2) is 14.2. The quantitative estimate of drug-likeness (QED) is 0.288. The number of hydrogen-bond donors (Lipinski definition) is 1. The lowest BCUT2D eigenvalue weighted by Crippen LogP contribution is -2.22. The Hall–Kier alpha value is -1.24. The summed E-state index contributed by atoms with van der Waals surface area (Å²) in [6.07, 6.45) is 5.00. The van der Waals surface area contributed by atoms with Gasteiger partial charge in [-0.25, -0.2) is 18.7 Å². The molecule has 2 aliphatic rings. The molecule has 2 saturated heterocycles. The van der Waals surface area contributed by atoms with E-state index in [-0.39, 0.29) is 28.3 Å². The molecule has 1 N–H and O–H groups in total. The Morgan fingerprint density at radius 3 is 1.97 bits per heavy atom. The second-order valence-electron chi connectivity index (χ2n) is 9.14. The molecule has 206 valence electrons. The number of aliphatic hydroxyl groups is 1. The molecule has 0 spiro atoms. The average Bonchev–Trinajstić information content (AvgIpc) is 3.33. The van der Waals surface area contributed by atoms with E-state index in [2.05, 4.69) is 32.5 Å². The van der Waals surface area contributed by atoms with Crippen LogP contribution < -0.4 is 0 Å². The van der Waals surface area contributed by atoms with Crippen LogP contribution in [0.5, 0.6) is 0 Å². The molecule has 4 heterocycles. The van der Waals surface area contributed by atoms with Crippen molar-refractivity contribution in [2.45, 2.75) is 70.4 Å². The Balaban J connectivity index is 0.000000214. The maximum atomic E-state index is 13.2. The van der Waals surface area contributed by atoms with Crippen molar-refractivity contribution >= 4 is 39.1 Å². The van der Waals surface area contributed by atoms with E-state index in [1.165, 1.54) is 24.5 Å². The first-order valence-electron chi connectivity index (χ1n) is 11.4. The van der Waals surface area contributed by atoms with Crippen LogP contribution in [0.3, 0.4) is 0 Å². The molecule has 7 nitrogen and oxygen atoms in total. The van der Waals surface area contributed by atoms with Gasteiger partial charge in [0.05, 0.1) is 31.5 Å². The molecule has 0 bridgehead atoms. The summed E-state index contributed by atoms with van der Waals surface area (Å²) in [7, 11) is 0. The Morgan fingerprint density at radius 2 is 1.54 bits per heavy atom. The van der Waals surface area contributed by atoms with E-state index in [4.69, 9.17) is 42.1 Å². The van der Waals surface area contributed by atoms with Gasteiger partial charge in [-0.15, -0.1) is 6.58 Å². The monoisotopic (exact) mass is 626 g/mol. The second-order valence-corrected chi connectivity index (χ2v) is 10.8. The van der Waals surface area contributed by atoms with Crippen LogP contribution in [0.4, 0.5) is 8.78 Å². The van der Waals surface area contributed by atoms with Crippen molar-refractivity contribution in [3.63, 3.8) is 0 Å². The average molecular weight is 628 g/mol. The van der Waals surface area contributed by atoms with Gasteiger partial charge < -0.3 is 24.1 Å². The number of hydrogen-bond acceptors (Lipinski definition) is 7. The minimum atomic E-state index is -0.855. The number of pyridine rings is 2. The van der Waals surface area contributed by atoms with Crippen LogP contribution in [0.25, 0.3) is 0 Å². The van der Waals surface area contributed by atoms with Gasteiger partial charge >= 0.3 is 0 Å². The molecule has 12 heteroatoms. The lowest BCUT2D eigenvalue weighted by Gasteiger charge is -2.19. The van der Waals surface area contributed by atoms with Crippen LogP contribution in [-0.4, -0.2) is 52.1 Å². The first-order chi connectivity index (χ1) is 17.2. The van der Waals surface area contributed by atoms with Crippen molar-refractivity contribution in [2.24, 2.45) is 0 Å². The predicted molar refractivity (Wildman–Crippen MR) is 140 cm³/mol. The normalized spacial score (nSPS) is 22.3. The van der Waals surface area contributed by atoms with Crippen molar-refractivity contribution in [1.82, 2.24) is 9.97 Å². The molecular weight excluding hydrogens is 597 g/mol. The summed E-state index contributed by atoms with van der Waals surface area (Å²) in [5.41, 5.74) is 0.380. The van der Waals surface area contributed by atoms with E-state index in [9.17, 15) is 13.9 Å². The van der Waals surface area contributed by atoms with Crippen LogP contribution >= 0.6 is 39.1 Å². The highest BCUT2D eigenvalue weighted by molar-refractivity contribution is 9.10. The van der Waals surface area contributed by atoms with Gasteiger partial charge in [0.15, 0.2) is 33.5 Å². The number of nitrogens with zero attached hydrogens (tertiary/aromatic N) is 2. The molecular formula is C25H31BrCl2F2N2O5. The fourth-order valence-corrected chi connectivity index (χ4v) is 3.86. The molecule has 4 rings (SSSR count). The maximum absolute atomic E-state index is 13.2. The molecule has 37 heavy (non-hydrogen) atoms. The highest BCUT2D eigenvalue weighted by atomic mass is 79.9. The molecule has 0 aliphatic carbocycles. The lowest BCUT2D eigenvalue weighted by molar-refractivity contribution is -0.141. The largest absolute Gasteiger partial charge is 0.388 e. The maximum Gasteiger partial charge on any atom is 0.164 e. The summed E-state index contributed by atoms with van der Waals surface area (Å²) in [6.45, 7) is 12.2. The summed E-state index contributed by atoms with van der Waals surface area (Å²) in [4.78, 5) is 7.18. The standard InChI is InChI=1S/C12H15ClFNO3.C8H14O2.C5H2BrClFN/c1-12(2)17-6-8(18-12)4-10(16)7-3-9(14)11(13)15-5-7;1-4-5-7-6-9-8(2,3)10-7;6-3-1-4(8)5(7)9-2-3/h3,5,8,10,16H,4,6H2,1-2H3;4,7H,1,5-6H2,2-3H3;1-2H/t8-,10?;7-;/m00./s1. The molecule has 2 aliphatic heterocycles. The first kappa shape index (κ1) is 32.0. The fourth-order valence-electron chi connectivity index (χ4n) is 3.35. The summed E-state index contributed by atoms with van der Waals surface area (Å²) in [5.74, 6) is -2.16. The van der Waals surface area contributed by atoms with E-state index >= 15 is 0 Å². The summed E-state index contributed by atoms with van der Waals surface area (Å²) >= 11 is 13.8. The van der Waals surface area contributed by atoms with E-state index in [0.29, 0.717) is 29.7 Å². The van der Waals surface area contributed by atoms with Gasteiger partial charge in [-0.05, 0) is 62.2 Å². The summed E-state index contributed by atoms with van der Waals surface area (Å²) in [5, 5.41) is 9.68. The summed E-state index contributed by atoms with van der Waals surface area (Å²) < 4.78 is 47.9. The van der Waals surface area contributed by atoms with Crippen molar-refractivity contribution in [3.8, 4) is 0 Å². The van der Waals surface area contributed by atoms with E-state index in [0.717, 1.165) is 6.42 Å². The molecule has 0 amide bonds. The molecule has 2 fully saturated rings. The van der Waals surface area contributed by atoms with Crippen LogP contribution in [0.2, 0.25) is 10.3 Å². The number of rotatable bonds is 5. The minimum Gasteiger partial charge on any atom is -0.388 e. The molecule has 0 saturated carbocycles. The molecule has 2 aromatic heterocycles. The zero-order chi connectivity index (χ0) is 27.8. The minimum absolute atomic E-state index is 0.0989. The zero-order valence-corrected chi connectivity index (χ0v) is 24.1. The van der Waals surface area contributed by atoms with Gasteiger partial charge in [0.1, 0.15) is 0 Å². The third kappa shape index (κ3) is 11.2. The van der Waals surface area contributed by atoms with Crippen LogP contribution in [0, 0.1) is 11.6 Å².